The molecule has 0 saturated carbocycles. The molecule has 3 unspecified atom stereocenters. The minimum Gasteiger partial charge on any atom is -0.462 e. The van der Waals surface area contributed by atoms with Crippen molar-refractivity contribution >= 4 is 121 Å². The lowest BCUT2D eigenvalue weighted by Crippen LogP contribution is -2.47. The van der Waals surface area contributed by atoms with Crippen LogP contribution >= 0.6 is 67.8 Å². The van der Waals surface area contributed by atoms with E-state index in [1.54, 1.807) is 0 Å². The first-order valence-electron chi connectivity index (χ1n) is 14.3. The molecule has 3 atom stereocenters. The van der Waals surface area contributed by atoms with Gasteiger partial charge in [-0.25, -0.2) is 0 Å². The number of ether oxygens (including phenoxy) is 5. The number of hydrogen-bond acceptors (Lipinski definition) is 13. The Hall–Kier alpha value is -2.83. The molecule has 19 heteroatoms. The molecular formula is C29H34I3N3O13. The van der Waals surface area contributed by atoms with Crippen molar-refractivity contribution in [3.63, 3.8) is 0 Å². The van der Waals surface area contributed by atoms with Crippen molar-refractivity contribution in [2.45, 2.75) is 65.8 Å². The molecule has 48 heavy (non-hydrogen) atoms. The highest BCUT2D eigenvalue weighted by atomic mass is 127. The van der Waals surface area contributed by atoms with Gasteiger partial charge in [0.05, 0.1) is 37.0 Å². The summed E-state index contributed by atoms with van der Waals surface area (Å²) < 4.78 is 26.2. The average molecular weight is 1010 g/mol. The summed E-state index contributed by atoms with van der Waals surface area (Å²) in [6, 6.07) is 0. The topological polar surface area (TPSA) is 210 Å². The number of piperidine rings is 1. The number of rotatable bonds is 14. The summed E-state index contributed by atoms with van der Waals surface area (Å²) in [6.07, 6.45) is -2.40. The van der Waals surface area contributed by atoms with Crippen LogP contribution in [0.15, 0.2) is 0 Å². The number of hydrogen-bond donors (Lipinski definition) is 2. The standard InChI is InChI=1S/C29H34I3N3O13/c1-13(36)44-11-18(46-15(3)38)9-33-27(41)21-23(30)22(28(42)34-10-19(47-16(4)39)12-45-14(2)37)25(32)26(24(21)31)35-8-6-7-20(29(35)43)48-17(5)40/h18-20H,6-12H2,1-5H3,(H,33,41)(H,34,42). The summed E-state index contributed by atoms with van der Waals surface area (Å²) in [5.41, 5.74) is 0.232. The van der Waals surface area contributed by atoms with Gasteiger partial charge in [0, 0.05) is 44.7 Å². The molecule has 0 aromatic heterocycles. The lowest BCUT2D eigenvalue weighted by molar-refractivity contribution is -0.155. The Bertz CT molecular complexity index is 1390. The van der Waals surface area contributed by atoms with Crippen LogP contribution in [0.3, 0.4) is 0 Å². The van der Waals surface area contributed by atoms with Gasteiger partial charge in [0.2, 0.25) is 0 Å². The minimum atomic E-state index is -1.08. The van der Waals surface area contributed by atoms with Gasteiger partial charge in [-0.3, -0.25) is 38.4 Å². The van der Waals surface area contributed by atoms with E-state index in [9.17, 15) is 38.4 Å². The Labute approximate surface area is 316 Å². The SMILES string of the molecule is CC(=O)OCC(CNC(=O)c1c(I)c(C(=O)NCC(COC(C)=O)OC(C)=O)c(I)c(N2CCCC(OC(C)=O)C2=O)c1I)OC(C)=O. The van der Waals surface area contributed by atoms with Crippen molar-refractivity contribution in [2.75, 3.05) is 37.7 Å². The molecule has 0 bridgehead atoms. The molecule has 1 fully saturated rings. The van der Waals surface area contributed by atoms with Gasteiger partial charge in [0.25, 0.3) is 17.7 Å². The van der Waals surface area contributed by atoms with E-state index in [1.807, 2.05) is 67.8 Å². The smallest absolute Gasteiger partial charge is 0.303 e. The second-order valence-corrected chi connectivity index (χ2v) is 13.5. The number of halogens is 3. The van der Waals surface area contributed by atoms with Gasteiger partial charge in [0.15, 0.2) is 18.3 Å². The van der Waals surface area contributed by atoms with E-state index in [2.05, 4.69) is 10.6 Å². The summed E-state index contributed by atoms with van der Waals surface area (Å²) in [4.78, 5) is 100. The minimum absolute atomic E-state index is 0.00434. The molecule has 1 aromatic carbocycles. The Morgan fingerprint density at radius 2 is 1.15 bits per heavy atom. The summed E-state index contributed by atoms with van der Waals surface area (Å²) in [5.74, 6) is -5.19. The Morgan fingerprint density at radius 3 is 1.52 bits per heavy atom. The molecular weight excluding hydrogens is 979 g/mol. The number of benzene rings is 1. The van der Waals surface area contributed by atoms with Crippen LogP contribution in [0.4, 0.5) is 5.69 Å². The van der Waals surface area contributed by atoms with Gasteiger partial charge in [-0.1, -0.05) is 0 Å². The Kier molecular flexibility index (Phi) is 16.7. The van der Waals surface area contributed by atoms with Crippen LogP contribution in [0.2, 0.25) is 0 Å². The fourth-order valence-corrected chi connectivity index (χ4v) is 9.14. The van der Waals surface area contributed by atoms with Gasteiger partial charge in [-0.15, -0.1) is 0 Å². The van der Waals surface area contributed by atoms with Crippen molar-refractivity contribution in [1.82, 2.24) is 10.6 Å². The second kappa shape index (κ2) is 19.4. The van der Waals surface area contributed by atoms with E-state index < -0.39 is 65.9 Å². The van der Waals surface area contributed by atoms with Crippen LogP contribution < -0.4 is 15.5 Å². The van der Waals surface area contributed by atoms with Crippen LogP contribution in [0.5, 0.6) is 0 Å². The maximum absolute atomic E-state index is 13.8. The fraction of sp³-hybridized carbons (Fsp3) is 0.517. The molecule has 264 valence electrons. The average Bonchev–Trinajstić information content (AvgIpc) is 2.96. The van der Waals surface area contributed by atoms with Crippen molar-refractivity contribution in [1.29, 1.82) is 0 Å². The third-order valence-electron chi connectivity index (χ3n) is 6.31. The van der Waals surface area contributed by atoms with Crippen LogP contribution in [0, 0.1) is 10.7 Å². The summed E-state index contributed by atoms with van der Waals surface area (Å²) in [6.45, 7) is 4.85. The molecule has 3 amide bonds. The zero-order valence-electron chi connectivity index (χ0n) is 26.6. The van der Waals surface area contributed by atoms with Crippen LogP contribution in [-0.4, -0.2) is 98.7 Å². The van der Waals surface area contributed by atoms with E-state index in [0.29, 0.717) is 13.6 Å². The third kappa shape index (κ3) is 12.2. The molecule has 0 radical (unpaired) electrons. The number of amides is 3. The number of anilines is 1. The van der Waals surface area contributed by atoms with Gasteiger partial charge >= 0.3 is 29.8 Å². The largest absolute Gasteiger partial charge is 0.462 e. The van der Waals surface area contributed by atoms with Gasteiger partial charge in [0.1, 0.15) is 13.2 Å². The number of esters is 5. The quantitative estimate of drug-likeness (QED) is 0.156. The first-order chi connectivity index (χ1) is 22.4. The van der Waals surface area contributed by atoms with Crippen LogP contribution in [-0.2, 0) is 52.5 Å². The summed E-state index contributed by atoms with van der Waals surface area (Å²) >= 11 is 5.61. The van der Waals surface area contributed by atoms with E-state index in [0.717, 1.165) is 13.8 Å². The van der Waals surface area contributed by atoms with E-state index in [4.69, 9.17) is 23.7 Å². The lowest BCUT2D eigenvalue weighted by atomic mass is 10.0. The maximum atomic E-state index is 13.8. The van der Waals surface area contributed by atoms with Crippen LogP contribution in [0.1, 0.15) is 68.2 Å². The predicted octanol–water partition coefficient (Wildman–Crippen LogP) is 2.01. The highest BCUT2D eigenvalue weighted by Gasteiger charge is 2.37. The molecule has 1 heterocycles. The zero-order valence-corrected chi connectivity index (χ0v) is 33.0. The summed E-state index contributed by atoms with van der Waals surface area (Å²) in [5, 5.41) is 5.28. The molecule has 16 nitrogen and oxygen atoms in total. The Morgan fingerprint density at radius 1 is 0.708 bits per heavy atom. The predicted molar refractivity (Wildman–Crippen MR) is 191 cm³/mol. The number of carbonyl (C=O) groups is 8. The molecule has 1 aromatic rings. The number of carbonyl (C=O) groups excluding carboxylic acids is 8. The maximum Gasteiger partial charge on any atom is 0.303 e. The molecule has 2 N–H and O–H groups in total. The molecule has 1 saturated heterocycles. The first kappa shape index (κ1) is 41.3. The van der Waals surface area contributed by atoms with Crippen molar-refractivity contribution in [2.24, 2.45) is 0 Å². The molecule has 2 rings (SSSR count). The van der Waals surface area contributed by atoms with Crippen molar-refractivity contribution < 1.29 is 62.0 Å². The van der Waals surface area contributed by atoms with Crippen molar-refractivity contribution in [3.05, 3.63) is 21.8 Å². The zero-order chi connectivity index (χ0) is 36.3. The fourth-order valence-electron chi connectivity index (χ4n) is 4.41. The molecule has 0 spiro atoms. The second-order valence-electron chi connectivity index (χ2n) is 10.3. The third-order valence-corrected chi connectivity index (χ3v) is 9.49. The van der Waals surface area contributed by atoms with Gasteiger partial charge in [-0.05, 0) is 80.6 Å². The van der Waals surface area contributed by atoms with Crippen LogP contribution in [0.25, 0.3) is 0 Å². The van der Waals surface area contributed by atoms with E-state index in [-0.39, 0.29) is 59.7 Å². The molecule has 1 aliphatic rings. The highest BCUT2D eigenvalue weighted by Crippen LogP contribution is 2.39. The lowest BCUT2D eigenvalue weighted by Gasteiger charge is -2.34. The van der Waals surface area contributed by atoms with Crippen molar-refractivity contribution in [3.8, 4) is 0 Å². The number of nitrogens with zero attached hydrogens (tertiary/aromatic N) is 1. The Balaban J connectivity index is 2.60. The van der Waals surface area contributed by atoms with Gasteiger partial charge in [-0.2, -0.15) is 0 Å². The van der Waals surface area contributed by atoms with E-state index in [1.165, 1.54) is 25.7 Å². The van der Waals surface area contributed by atoms with Gasteiger partial charge < -0.3 is 39.2 Å². The summed E-state index contributed by atoms with van der Waals surface area (Å²) in [7, 11) is 0. The monoisotopic (exact) mass is 1010 g/mol. The van der Waals surface area contributed by atoms with E-state index >= 15 is 0 Å². The first-order valence-corrected chi connectivity index (χ1v) is 17.5. The normalized spacial score (nSPS) is 15.4. The highest BCUT2D eigenvalue weighted by molar-refractivity contribution is 14.1. The molecule has 1 aliphatic heterocycles. The molecule has 0 aliphatic carbocycles. The number of nitrogens with one attached hydrogen (secondary N) is 2.